The first-order chi connectivity index (χ1) is 19.4. The Morgan fingerprint density at radius 3 is 1.98 bits per heavy atom. The van der Waals surface area contributed by atoms with Crippen LogP contribution in [0.15, 0.2) is 77.6 Å². The van der Waals surface area contributed by atoms with E-state index in [-0.39, 0.29) is 42.8 Å². The first-order valence-corrected chi connectivity index (χ1v) is 14.0. The molecule has 5 rings (SSSR count). The molecular weight excluding hydrogens is 524 g/mol. The Bertz CT molecular complexity index is 1540. The molecule has 216 valence electrons. The third-order valence-electron chi connectivity index (χ3n) is 7.88. The molecule has 4 aromatic rings. The topological polar surface area (TPSA) is 69.3 Å². The molecule has 1 aromatic heterocycles. The summed E-state index contributed by atoms with van der Waals surface area (Å²) >= 11 is 0. The Morgan fingerprint density at radius 2 is 1.46 bits per heavy atom. The summed E-state index contributed by atoms with van der Waals surface area (Å²) in [4.78, 5) is 13.0. The number of alkyl halides is 2. The van der Waals surface area contributed by atoms with Crippen molar-refractivity contribution in [3.8, 4) is 11.1 Å². The van der Waals surface area contributed by atoms with Crippen molar-refractivity contribution in [2.75, 3.05) is 13.2 Å². The number of aromatic nitrogens is 3. The van der Waals surface area contributed by atoms with Gasteiger partial charge >= 0.3 is 5.69 Å². The van der Waals surface area contributed by atoms with Crippen molar-refractivity contribution >= 4 is 0 Å². The van der Waals surface area contributed by atoms with Crippen LogP contribution < -0.4 is 5.69 Å². The standard InChI is InChI=1S/C33H37F2N3O3/c1-5-37-29(36-38(30(37)39)20-23-6-12-26(13-7-23)31(2,3)4)18-19-33(34,35)28-16-10-25(11-17-28)24-8-14-27(15-9-24)32(40)21-41-22-32/h6-17,40H,5,18-22H2,1-4H3. The predicted octanol–water partition coefficient (Wildman–Crippen LogP) is 6.02. The van der Waals surface area contributed by atoms with E-state index in [0.717, 1.165) is 22.3 Å². The van der Waals surface area contributed by atoms with Gasteiger partial charge in [0.05, 0.1) is 19.8 Å². The number of benzene rings is 3. The quantitative estimate of drug-likeness (QED) is 0.271. The maximum absolute atomic E-state index is 15.3. The summed E-state index contributed by atoms with van der Waals surface area (Å²) in [6.45, 7) is 9.44. The minimum Gasteiger partial charge on any atom is -0.380 e. The lowest BCUT2D eigenvalue weighted by Crippen LogP contribution is -2.46. The maximum Gasteiger partial charge on any atom is 0.346 e. The second-order valence-electron chi connectivity index (χ2n) is 11.9. The van der Waals surface area contributed by atoms with Crippen LogP contribution in [0.2, 0.25) is 0 Å². The molecule has 0 amide bonds. The van der Waals surface area contributed by atoms with Crippen molar-refractivity contribution in [1.29, 1.82) is 0 Å². The summed E-state index contributed by atoms with van der Waals surface area (Å²) in [7, 11) is 0. The summed E-state index contributed by atoms with van der Waals surface area (Å²) < 4.78 is 38.5. The maximum atomic E-state index is 15.3. The van der Waals surface area contributed by atoms with E-state index in [9.17, 15) is 9.90 Å². The van der Waals surface area contributed by atoms with Gasteiger partial charge in [0.2, 0.25) is 0 Å². The molecule has 1 aliphatic heterocycles. The zero-order valence-corrected chi connectivity index (χ0v) is 24.0. The van der Waals surface area contributed by atoms with Crippen LogP contribution in [0.5, 0.6) is 0 Å². The molecule has 0 atom stereocenters. The Balaban J connectivity index is 1.26. The fourth-order valence-corrected chi connectivity index (χ4v) is 5.13. The number of hydrogen-bond donors (Lipinski definition) is 1. The Kier molecular flexibility index (Phi) is 7.74. The van der Waals surface area contributed by atoms with E-state index in [1.807, 2.05) is 55.5 Å². The van der Waals surface area contributed by atoms with E-state index >= 15 is 8.78 Å². The van der Waals surface area contributed by atoms with Gasteiger partial charge in [-0.25, -0.2) is 18.3 Å². The summed E-state index contributed by atoms with van der Waals surface area (Å²) in [6, 6.07) is 21.8. The molecule has 0 saturated carbocycles. The molecule has 41 heavy (non-hydrogen) atoms. The van der Waals surface area contributed by atoms with Gasteiger partial charge in [0.25, 0.3) is 5.92 Å². The highest BCUT2D eigenvalue weighted by Crippen LogP contribution is 2.35. The van der Waals surface area contributed by atoms with Crippen molar-refractivity contribution in [2.24, 2.45) is 0 Å². The molecular formula is C33H37F2N3O3. The van der Waals surface area contributed by atoms with E-state index in [2.05, 4.69) is 25.9 Å². The third kappa shape index (κ3) is 6.04. The van der Waals surface area contributed by atoms with Crippen LogP contribution in [0.4, 0.5) is 8.78 Å². The average molecular weight is 562 g/mol. The molecule has 3 aromatic carbocycles. The highest BCUT2D eigenvalue weighted by Gasteiger charge is 2.38. The van der Waals surface area contributed by atoms with E-state index < -0.39 is 17.9 Å². The number of rotatable bonds is 9. The molecule has 0 unspecified atom stereocenters. The lowest BCUT2D eigenvalue weighted by Gasteiger charge is -2.36. The molecule has 0 radical (unpaired) electrons. The lowest BCUT2D eigenvalue weighted by molar-refractivity contribution is -0.184. The molecule has 0 aliphatic carbocycles. The number of hydrogen-bond acceptors (Lipinski definition) is 4. The summed E-state index contributed by atoms with van der Waals surface area (Å²) in [6.07, 6.45) is -0.486. The summed E-state index contributed by atoms with van der Waals surface area (Å²) in [5, 5.41) is 14.9. The van der Waals surface area contributed by atoms with Crippen molar-refractivity contribution < 1.29 is 18.6 Å². The van der Waals surface area contributed by atoms with Gasteiger partial charge in [0.15, 0.2) is 0 Å². The molecule has 1 aliphatic rings. The normalized spacial score (nSPS) is 15.1. The predicted molar refractivity (Wildman–Crippen MR) is 155 cm³/mol. The van der Waals surface area contributed by atoms with Gasteiger partial charge in [-0.3, -0.25) is 4.57 Å². The van der Waals surface area contributed by atoms with Crippen LogP contribution in [-0.2, 0) is 41.2 Å². The highest BCUT2D eigenvalue weighted by molar-refractivity contribution is 5.64. The van der Waals surface area contributed by atoms with Crippen LogP contribution in [0, 0.1) is 0 Å². The Hall–Kier alpha value is -3.62. The second-order valence-corrected chi connectivity index (χ2v) is 11.9. The minimum atomic E-state index is -3.09. The minimum absolute atomic E-state index is 0.0259. The molecule has 2 heterocycles. The first-order valence-electron chi connectivity index (χ1n) is 14.0. The number of halogens is 2. The van der Waals surface area contributed by atoms with Crippen LogP contribution in [0.3, 0.4) is 0 Å². The molecule has 8 heteroatoms. The van der Waals surface area contributed by atoms with Crippen molar-refractivity contribution in [3.63, 3.8) is 0 Å². The van der Waals surface area contributed by atoms with E-state index in [1.54, 1.807) is 12.1 Å². The van der Waals surface area contributed by atoms with Crippen LogP contribution >= 0.6 is 0 Å². The van der Waals surface area contributed by atoms with E-state index in [4.69, 9.17) is 4.74 Å². The number of aliphatic hydroxyl groups is 1. The molecule has 0 bridgehead atoms. The molecule has 1 saturated heterocycles. The zero-order chi connectivity index (χ0) is 29.4. The smallest absolute Gasteiger partial charge is 0.346 e. The Morgan fingerprint density at radius 1 is 0.902 bits per heavy atom. The summed E-state index contributed by atoms with van der Waals surface area (Å²) in [5.41, 5.74) is 3.29. The molecule has 0 spiro atoms. The zero-order valence-electron chi connectivity index (χ0n) is 24.0. The second kappa shape index (κ2) is 11.0. The fraction of sp³-hybridized carbons (Fsp3) is 0.394. The van der Waals surface area contributed by atoms with Crippen LogP contribution in [0.25, 0.3) is 11.1 Å². The van der Waals surface area contributed by atoms with Crippen molar-refractivity contribution in [2.45, 2.75) is 70.6 Å². The van der Waals surface area contributed by atoms with Gasteiger partial charge < -0.3 is 9.84 Å². The molecule has 1 fully saturated rings. The van der Waals surface area contributed by atoms with Gasteiger partial charge in [-0.1, -0.05) is 93.6 Å². The van der Waals surface area contributed by atoms with Crippen molar-refractivity contribution in [3.05, 3.63) is 111 Å². The number of nitrogens with zero attached hydrogens (tertiary/aromatic N) is 3. The number of aryl methyl sites for hydroxylation is 1. The van der Waals surface area contributed by atoms with E-state index in [1.165, 1.54) is 26.9 Å². The van der Waals surface area contributed by atoms with Gasteiger partial charge in [0, 0.05) is 24.9 Å². The van der Waals surface area contributed by atoms with Gasteiger partial charge in [0.1, 0.15) is 11.4 Å². The van der Waals surface area contributed by atoms with Gasteiger partial charge in [-0.15, -0.1) is 0 Å². The first kappa shape index (κ1) is 28.9. The van der Waals surface area contributed by atoms with Crippen LogP contribution in [0.1, 0.15) is 62.2 Å². The summed E-state index contributed by atoms with van der Waals surface area (Å²) in [5.74, 6) is -2.73. The number of ether oxygens (including phenoxy) is 1. The Labute approximate surface area is 239 Å². The lowest BCUT2D eigenvalue weighted by atomic mass is 9.87. The van der Waals surface area contributed by atoms with Gasteiger partial charge in [-0.2, -0.15) is 5.10 Å². The van der Waals surface area contributed by atoms with E-state index in [0.29, 0.717) is 12.4 Å². The third-order valence-corrected chi connectivity index (χ3v) is 7.88. The largest absolute Gasteiger partial charge is 0.380 e. The van der Waals surface area contributed by atoms with Crippen molar-refractivity contribution in [1.82, 2.24) is 14.3 Å². The van der Waals surface area contributed by atoms with Crippen LogP contribution in [-0.4, -0.2) is 32.7 Å². The van der Waals surface area contributed by atoms with Gasteiger partial charge in [-0.05, 0) is 40.2 Å². The molecule has 1 N–H and O–H groups in total. The fourth-order valence-electron chi connectivity index (χ4n) is 5.13. The monoisotopic (exact) mass is 561 g/mol. The SMILES string of the molecule is CCn1c(CCC(F)(F)c2ccc(-c3ccc(C4(O)COC4)cc3)cc2)nn(Cc2ccc(C(C)(C)C)cc2)c1=O. The average Bonchev–Trinajstić information content (AvgIpc) is 3.24. The molecule has 6 nitrogen and oxygen atoms in total. The highest BCUT2D eigenvalue weighted by atomic mass is 19.3.